The highest BCUT2D eigenvalue weighted by Gasteiger charge is 2.10. The molecule has 0 bridgehead atoms. The molecular weight excluding hydrogens is 178 g/mol. The number of hydrogen-bond donors (Lipinski definition) is 1. The van der Waals surface area contributed by atoms with Crippen molar-refractivity contribution in [3.63, 3.8) is 0 Å². The first-order valence-electron chi connectivity index (χ1n) is 4.79. The Bertz CT molecular complexity index is 301. The molecule has 1 rings (SSSR count). The average molecular weight is 195 g/mol. The number of nitrogens with zero attached hydrogens (tertiary/aromatic N) is 2. The van der Waals surface area contributed by atoms with Crippen LogP contribution < -0.4 is 5.73 Å². The van der Waals surface area contributed by atoms with Crippen LogP contribution in [0.15, 0.2) is 6.07 Å². The van der Waals surface area contributed by atoms with Gasteiger partial charge in [0.2, 0.25) is 0 Å². The summed E-state index contributed by atoms with van der Waals surface area (Å²) in [6.45, 7) is 6.99. The Hall–Kier alpha value is -1.00. The van der Waals surface area contributed by atoms with Crippen molar-refractivity contribution in [1.82, 2.24) is 10.2 Å². The molecule has 1 aromatic heterocycles. The van der Waals surface area contributed by atoms with Gasteiger partial charge in [-0.1, -0.05) is 0 Å². The molecule has 4 nitrogen and oxygen atoms in total. The van der Waals surface area contributed by atoms with Crippen LogP contribution in [0, 0.1) is 13.8 Å². The number of aromatic nitrogens is 2. The van der Waals surface area contributed by atoms with Crippen molar-refractivity contribution in [3.8, 4) is 0 Å². The van der Waals surface area contributed by atoms with Gasteiger partial charge in [-0.2, -0.15) is 10.2 Å². The topological polar surface area (TPSA) is 61.0 Å². The zero-order valence-electron chi connectivity index (χ0n) is 8.95. The maximum absolute atomic E-state index is 5.96. The minimum absolute atomic E-state index is 0.107. The molecule has 0 aromatic carbocycles. The fourth-order valence-electron chi connectivity index (χ4n) is 1.28. The predicted octanol–water partition coefficient (Wildman–Crippen LogP) is 1.13. The Morgan fingerprint density at radius 2 is 2.14 bits per heavy atom. The molecule has 1 atom stereocenters. The average Bonchev–Trinajstić information content (AvgIpc) is 2.18. The summed E-state index contributed by atoms with van der Waals surface area (Å²) in [5, 5.41) is 7.98. The summed E-state index contributed by atoms with van der Waals surface area (Å²) in [5.74, 6) is 0. The van der Waals surface area contributed by atoms with Crippen molar-refractivity contribution in [2.45, 2.75) is 26.8 Å². The van der Waals surface area contributed by atoms with Crippen LogP contribution in [-0.4, -0.2) is 23.4 Å². The summed E-state index contributed by atoms with van der Waals surface area (Å²) in [7, 11) is 0. The van der Waals surface area contributed by atoms with E-state index in [0.29, 0.717) is 13.2 Å². The van der Waals surface area contributed by atoms with Crippen molar-refractivity contribution in [2.75, 3.05) is 13.2 Å². The van der Waals surface area contributed by atoms with Crippen molar-refractivity contribution in [2.24, 2.45) is 5.73 Å². The van der Waals surface area contributed by atoms with Crippen LogP contribution in [0.2, 0.25) is 0 Å². The summed E-state index contributed by atoms with van der Waals surface area (Å²) in [6, 6.07) is 1.86. The largest absolute Gasteiger partial charge is 0.380 e. The van der Waals surface area contributed by atoms with E-state index in [-0.39, 0.29) is 6.04 Å². The van der Waals surface area contributed by atoms with E-state index in [1.807, 2.05) is 26.8 Å². The molecule has 0 spiro atoms. The Labute approximate surface area is 84.5 Å². The number of hydrogen-bond acceptors (Lipinski definition) is 4. The van der Waals surface area contributed by atoms with E-state index in [9.17, 15) is 0 Å². The van der Waals surface area contributed by atoms with Gasteiger partial charge < -0.3 is 10.5 Å². The van der Waals surface area contributed by atoms with Gasteiger partial charge in [0.15, 0.2) is 0 Å². The molecule has 2 N–H and O–H groups in total. The van der Waals surface area contributed by atoms with Crippen LogP contribution >= 0.6 is 0 Å². The fraction of sp³-hybridized carbons (Fsp3) is 0.600. The molecule has 0 aliphatic rings. The highest BCUT2D eigenvalue weighted by atomic mass is 16.5. The Morgan fingerprint density at radius 3 is 2.79 bits per heavy atom. The van der Waals surface area contributed by atoms with Gasteiger partial charge in [-0.25, -0.2) is 0 Å². The predicted molar refractivity (Wildman–Crippen MR) is 54.9 cm³/mol. The van der Waals surface area contributed by atoms with Gasteiger partial charge in [-0.05, 0) is 32.4 Å². The van der Waals surface area contributed by atoms with Crippen molar-refractivity contribution < 1.29 is 4.74 Å². The van der Waals surface area contributed by atoms with Crippen LogP contribution in [0.3, 0.4) is 0 Å². The third kappa shape index (κ3) is 2.75. The lowest BCUT2D eigenvalue weighted by Crippen LogP contribution is -2.19. The first-order valence-corrected chi connectivity index (χ1v) is 4.79. The van der Waals surface area contributed by atoms with Crippen molar-refractivity contribution >= 4 is 0 Å². The van der Waals surface area contributed by atoms with E-state index in [2.05, 4.69) is 10.2 Å². The molecule has 0 fully saturated rings. The standard InChI is InChI=1S/C10H17N3O/c1-4-14-6-10(11)9-5-7(2)12-13-8(9)3/h5,10H,4,6,11H2,1-3H3. The van der Waals surface area contributed by atoms with Crippen LogP contribution in [0.5, 0.6) is 0 Å². The van der Waals surface area contributed by atoms with Crippen molar-refractivity contribution in [3.05, 3.63) is 23.0 Å². The highest BCUT2D eigenvalue weighted by Crippen LogP contribution is 2.13. The highest BCUT2D eigenvalue weighted by molar-refractivity contribution is 5.23. The lowest BCUT2D eigenvalue weighted by atomic mass is 10.1. The summed E-state index contributed by atoms with van der Waals surface area (Å²) < 4.78 is 5.27. The lowest BCUT2D eigenvalue weighted by Gasteiger charge is -2.13. The first kappa shape index (κ1) is 11.1. The van der Waals surface area contributed by atoms with Gasteiger partial charge in [0, 0.05) is 6.61 Å². The molecule has 0 radical (unpaired) electrons. The normalized spacial score (nSPS) is 12.9. The van der Waals surface area contributed by atoms with E-state index >= 15 is 0 Å². The Balaban J connectivity index is 2.77. The SMILES string of the molecule is CCOCC(N)c1cc(C)nnc1C. The summed E-state index contributed by atoms with van der Waals surface area (Å²) in [6.07, 6.45) is 0. The van der Waals surface area contributed by atoms with E-state index < -0.39 is 0 Å². The van der Waals surface area contributed by atoms with Crippen LogP contribution in [-0.2, 0) is 4.74 Å². The second kappa shape index (κ2) is 5.02. The maximum Gasteiger partial charge on any atom is 0.0659 e. The van der Waals surface area contributed by atoms with Gasteiger partial charge in [0.25, 0.3) is 0 Å². The second-order valence-electron chi connectivity index (χ2n) is 3.29. The van der Waals surface area contributed by atoms with Gasteiger partial charge >= 0.3 is 0 Å². The van der Waals surface area contributed by atoms with E-state index in [4.69, 9.17) is 10.5 Å². The van der Waals surface area contributed by atoms with Crippen LogP contribution in [0.1, 0.15) is 29.9 Å². The van der Waals surface area contributed by atoms with Crippen LogP contribution in [0.4, 0.5) is 0 Å². The minimum atomic E-state index is -0.107. The Morgan fingerprint density at radius 1 is 1.43 bits per heavy atom. The smallest absolute Gasteiger partial charge is 0.0659 e. The molecule has 1 heterocycles. The zero-order chi connectivity index (χ0) is 10.6. The van der Waals surface area contributed by atoms with E-state index in [0.717, 1.165) is 17.0 Å². The second-order valence-corrected chi connectivity index (χ2v) is 3.29. The number of nitrogens with two attached hydrogens (primary N) is 1. The molecule has 0 saturated carbocycles. The van der Waals surface area contributed by atoms with Gasteiger partial charge in [0.05, 0.1) is 24.0 Å². The van der Waals surface area contributed by atoms with E-state index in [1.165, 1.54) is 0 Å². The molecule has 1 aromatic rings. The third-order valence-corrected chi connectivity index (χ3v) is 2.04. The monoisotopic (exact) mass is 195 g/mol. The van der Waals surface area contributed by atoms with E-state index in [1.54, 1.807) is 0 Å². The number of aryl methyl sites for hydroxylation is 2. The minimum Gasteiger partial charge on any atom is -0.380 e. The summed E-state index contributed by atoms with van der Waals surface area (Å²) in [5.41, 5.74) is 8.74. The molecule has 0 aliphatic heterocycles. The quantitative estimate of drug-likeness (QED) is 0.782. The van der Waals surface area contributed by atoms with Gasteiger partial charge in [-0.15, -0.1) is 0 Å². The summed E-state index contributed by atoms with van der Waals surface area (Å²) >= 11 is 0. The molecule has 0 saturated heterocycles. The summed E-state index contributed by atoms with van der Waals surface area (Å²) in [4.78, 5) is 0. The molecule has 4 heteroatoms. The van der Waals surface area contributed by atoms with Gasteiger partial charge in [0.1, 0.15) is 0 Å². The molecule has 1 unspecified atom stereocenters. The lowest BCUT2D eigenvalue weighted by molar-refractivity contribution is 0.133. The number of ether oxygens (including phenoxy) is 1. The molecular formula is C10H17N3O. The molecule has 78 valence electrons. The van der Waals surface area contributed by atoms with Crippen LogP contribution in [0.25, 0.3) is 0 Å². The molecule has 14 heavy (non-hydrogen) atoms. The molecule has 0 amide bonds. The fourth-order valence-corrected chi connectivity index (χ4v) is 1.28. The zero-order valence-corrected chi connectivity index (χ0v) is 8.95. The Kier molecular flexibility index (Phi) is 3.98. The maximum atomic E-state index is 5.96. The first-order chi connectivity index (χ1) is 6.65. The molecule has 0 aliphatic carbocycles. The third-order valence-electron chi connectivity index (χ3n) is 2.04. The van der Waals surface area contributed by atoms with Crippen molar-refractivity contribution in [1.29, 1.82) is 0 Å². The number of rotatable bonds is 4. The van der Waals surface area contributed by atoms with Gasteiger partial charge in [-0.3, -0.25) is 0 Å².